The van der Waals surface area contributed by atoms with E-state index >= 15 is 0 Å². The first-order valence-corrected chi connectivity index (χ1v) is 8.21. The van der Waals surface area contributed by atoms with Crippen molar-refractivity contribution in [2.24, 2.45) is 5.73 Å². The molecule has 0 atom stereocenters. The van der Waals surface area contributed by atoms with Crippen molar-refractivity contribution >= 4 is 9.84 Å². The van der Waals surface area contributed by atoms with Crippen LogP contribution in [0.2, 0.25) is 0 Å². The summed E-state index contributed by atoms with van der Waals surface area (Å²) in [5.41, 5.74) is 6.35. The Labute approximate surface area is 119 Å². The summed E-state index contributed by atoms with van der Waals surface area (Å²) in [6, 6.07) is 4.75. The number of hydrogen-bond donors (Lipinski definition) is 1. The quantitative estimate of drug-likeness (QED) is 0.809. The van der Waals surface area contributed by atoms with Gasteiger partial charge >= 0.3 is 0 Å². The van der Waals surface area contributed by atoms with Gasteiger partial charge in [-0.25, -0.2) is 12.8 Å². The molecule has 2 N–H and O–H groups in total. The van der Waals surface area contributed by atoms with Gasteiger partial charge in [0.1, 0.15) is 15.7 Å². The third-order valence-electron chi connectivity index (χ3n) is 2.67. The molecule has 20 heavy (non-hydrogen) atoms. The standard InChI is InChI=1S/C14H19FN2O2S/c1-17(8-9-20(2,18)19)11-13-6-5-12(4-3-7-16)10-14(13)15/h5-6,10H,7-9,11,16H2,1-2H3. The highest BCUT2D eigenvalue weighted by molar-refractivity contribution is 7.90. The monoisotopic (exact) mass is 298 g/mol. The van der Waals surface area contributed by atoms with Gasteiger partial charge in [0, 0.05) is 30.5 Å². The van der Waals surface area contributed by atoms with Crippen LogP contribution in [0.3, 0.4) is 0 Å². The summed E-state index contributed by atoms with van der Waals surface area (Å²) in [7, 11) is -1.25. The van der Waals surface area contributed by atoms with Gasteiger partial charge in [-0.15, -0.1) is 0 Å². The van der Waals surface area contributed by atoms with Gasteiger partial charge in [0.25, 0.3) is 0 Å². The molecule has 0 aliphatic heterocycles. The molecule has 1 aromatic rings. The maximum atomic E-state index is 13.9. The number of nitrogens with zero attached hydrogens (tertiary/aromatic N) is 1. The zero-order valence-electron chi connectivity index (χ0n) is 11.7. The van der Waals surface area contributed by atoms with Gasteiger partial charge in [-0.1, -0.05) is 17.9 Å². The third kappa shape index (κ3) is 6.15. The molecule has 0 saturated heterocycles. The Kier molecular flexibility index (Phi) is 6.14. The largest absolute Gasteiger partial charge is 0.320 e. The minimum atomic E-state index is -3.00. The fraction of sp³-hybridized carbons (Fsp3) is 0.429. The first kappa shape index (κ1) is 16.6. The van der Waals surface area contributed by atoms with Crippen molar-refractivity contribution in [3.63, 3.8) is 0 Å². The number of hydrogen-bond acceptors (Lipinski definition) is 4. The maximum Gasteiger partial charge on any atom is 0.148 e. The molecule has 0 fully saturated rings. The summed E-state index contributed by atoms with van der Waals surface area (Å²) in [4.78, 5) is 1.77. The van der Waals surface area contributed by atoms with Crippen LogP contribution in [0.1, 0.15) is 11.1 Å². The number of sulfone groups is 1. The normalized spacial score (nSPS) is 11.2. The van der Waals surface area contributed by atoms with Gasteiger partial charge in [-0.2, -0.15) is 0 Å². The van der Waals surface area contributed by atoms with E-state index < -0.39 is 9.84 Å². The lowest BCUT2D eigenvalue weighted by atomic mass is 10.1. The minimum absolute atomic E-state index is 0.0607. The molecule has 110 valence electrons. The predicted molar refractivity (Wildman–Crippen MR) is 78.4 cm³/mol. The van der Waals surface area contributed by atoms with E-state index in [0.717, 1.165) is 0 Å². The lowest BCUT2D eigenvalue weighted by Crippen LogP contribution is -2.25. The average Bonchev–Trinajstić information content (AvgIpc) is 2.36. The van der Waals surface area contributed by atoms with Crippen molar-refractivity contribution in [1.29, 1.82) is 0 Å². The first-order chi connectivity index (χ1) is 9.31. The number of benzene rings is 1. The first-order valence-electron chi connectivity index (χ1n) is 6.15. The van der Waals surface area contributed by atoms with Crippen molar-refractivity contribution in [1.82, 2.24) is 4.90 Å². The molecular weight excluding hydrogens is 279 g/mol. The third-order valence-corrected chi connectivity index (χ3v) is 3.60. The zero-order valence-corrected chi connectivity index (χ0v) is 12.5. The van der Waals surface area contributed by atoms with Crippen LogP contribution in [0.5, 0.6) is 0 Å². The van der Waals surface area contributed by atoms with E-state index in [2.05, 4.69) is 11.8 Å². The van der Waals surface area contributed by atoms with E-state index in [1.807, 2.05) is 0 Å². The molecule has 0 saturated carbocycles. The Morgan fingerprint density at radius 1 is 1.40 bits per heavy atom. The second kappa shape index (κ2) is 7.39. The highest BCUT2D eigenvalue weighted by atomic mass is 32.2. The topological polar surface area (TPSA) is 63.4 Å². The lowest BCUT2D eigenvalue weighted by molar-refractivity contribution is 0.340. The molecule has 0 heterocycles. The number of nitrogens with two attached hydrogens (primary N) is 1. The van der Waals surface area contributed by atoms with Crippen LogP contribution in [0.15, 0.2) is 18.2 Å². The van der Waals surface area contributed by atoms with Crippen molar-refractivity contribution in [3.05, 3.63) is 35.1 Å². The highest BCUT2D eigenvalue weighted by Gasteiger charge is 2.09. The van der Waals surface area contributed by atoms with E-state index in [9.17, 15) is 12.8 Å². The fourth-order valence-electron chi connectivity index (χ4n) is 1.60. The Morgan fingerprint density at radius 3 is 2.65 bits per heavy atom. The van der Waals surface area contributed by atoms with E-state index in [0.29, 0.717) is 24.2 Å². The average molecular weight is 298 g/mol. The number of halogens is 1. The van der Waals surface area contributed by atoms with Crippen LogP contribution in [0, 0.1) is 17.7 Å². The SMILES string of the molecule is CN(CCS(C)(=O)=O)Cc1ccc(C#CCN)cc1F. The van der Waals surface area contributed by atoms with Gasteiger partial charge < -0.3 is 10.6 Å². The molecule has 0 spiro atoms. The van der Waals surface area contributed by atoms with E-state index in [4.69, 9.17) is 5.73 Å². The van der Waals surface area contributed by atoms with Crippen molar-refractivity contribution in [2.75, 3.05) is 32.1 Å². The van der Waals surface area contributed by atoms with Crippen molar-refractivity contribution in [2.45, 2.75) is 6.54 Å². The summed E-state index contributed by atoms with van der Waals surface area (Å²) in [6.07, 6.45) is 1.19. The van der Waals surface area contributed by atoms with Crippen LogP contribution >= 0.6 is 0 Å². The molecular formula is C14H19FN2O2S. The Balaban J connectivity index is 2.68. The molecule has 0 radical (unpaired) electrons. The molecule has 1 rings (SSSR count). The summed E-state index contributed by atoms with van der Waals surface area (Å²) in [5.74, 6) is 5.14. The van der Waals surface area contributed by atoms with Crippen molar-refractivity contribution < 1.29 is 12.8 Å². The summed E-state index contributed by atoms with van der Waals surface area (Å²) in [6.45, 7) is 0.955. The van der Waals surface area contributed by atoms with Crippen LogP contribution in [-0.4, -0.2) is 45.5 Å². The van der Waals surface area contributed by atoms with Crippen LogP contribution in [0.25, 0.3) is 0 Å². The Morgan fingerprint density at radius 2 is 2.10 bits per heavy atom. The second-order valence-corrected chi connectivity index (χ2v) is 6.94. The smallest absolute Gasteiger partial charge is 0.148 e. The molecule has 0 aliphatic carbocycles. The van der Waals surface area contributed by atoms with E-state index in [1.54, 1.807) is 24.1 Å². The van der Waals surface area contributed by atoms with Gasteiger partial charge in [-0.05, 0) is 19.2 Å². The van der Waals surface area contributed by atoms with Gasteiger partial charge in [-0.3, -0.25) is 0 Å². The van der Waals surface area contributed by atoms with Crippen LogP contribution in [0.4, 0.5) is 4.39 Å². The van der Waals surface area contributed by atoms with Crippen LogP contribution < -0.4 is 5.73 Å². The zero-order chi connectivity index (χ0) is 15.2. The summed E-state index contributed by atoms with van der Waals surface area (Å²) >= 11 is 0. The predicted octanol–water partition coefficient (Wildman–Crippen LogP) is 0.612. The maximum absolute atomic E-state index is 13.9. The molecule has 1 aromatic carbocycles. The summed E-state index contributed by atoms with van der Waals surface area (Å²) in [5, 5.41) is 0. The molecule has 0 aromatic heterocycles. The van der Waals surface area contributed by atoms with E-state index in [-0.39, 0.29) is 18.1 Å². The van der Waals surface area contributed by atoms with Gasteiger partial charge in [0.05, 0.1) is 12.3 Å². The Bertz CT molecular complexity index is 618. The Hall–Kier alpha value is -1.42. The highest BCUT2D eigenvalue weighted by Crippen LogP contribution is 2.12. The van der Waals surface area contributed by atoms with Gasteiger partial charge in [0.2, 0.25) is 0 Å². The second-order valence-electron chi connectivity index (χ2n) is 4.68. The fourth-order valence-corrected chi connectivity index (χ4v) is 2.24. The molecule has 0 unspecified atom stereocenters. The van der Waals surface area contributed by atoms with Crippen molar-refractivity contribution in [3.8, 4) is 11.8 Å². The van der Waals surface area contributed by atoms with Gasteiger partial charge in [0.15, 0.2) is 0 Å². The molecule has 4 nitrogen and oxygen atoms in total. The van der Waals surface area contributed by atoms with E-state index in [1.165, 1.54) is 12.3 Å². The number of rotatable bonds is 5. The molecule has 0 aliphatic rings. The molecule has 0 amide bonds. The van der Waals surface area contributed by atoms with Crippen LogP contribution in [-0.2, 0) is 16.4 Å². The molecule has 6 heteroatoms. The lowest BCUT2D eigenvalue weighted by Gasteiger charge is -2.16. The minimum Gasteiger partial charge on any atom is -0.320 e. The molecule has 0 bridgehead atoms. The summed E-state index contributed by atoms with van der Waals surface area (Å²) < 4.78 is 36.0.